The summed E-state index contributed by atoms with van der Waals surface area (Å²) in [6, 6.07) is 3.40. The van der Waals surface area contributed by atoms with Gasteiger partial charge in [0.15, 0.2) is 0 Å². The monoisotopic (exact) mass is 468 g/mol. The number of halogens is 3. The molecule has 2 amide bonds. The molecular formula is C22H27ClF2N4O3. The average molecular weight is 469 g/mol. The fourth-order valence-electron chi connectivity index (χ4n) is 4.31. The van der Waals surface area contributed by atoms with Crippen LogP contribution in [0, 0.1) is 0 Å². The Balaban J connectivity index is 1.29. The van der Waals surface area contributed by atoms with Crippen LogP contribution in [0.4, 0.5) is 14.5 Å². The van der Waals surface area contributed by atoms with Crippen molar-refractivity contribution in [2.24, 2.45) is 0 Å². The Kier molecular flexibility index (Phi) is 6.31. The molecule has 1 unspecified atom stereocenters. The van der Waals surface area contributed by atoms with E-state index in [1.165, 1.54) is 19.3 Å². The lowest BCUT2D eigenvalue weighted by atomic mass is 10.1. The number of nitrogens with zero attached hydrogens (tertiary/aromatic N) is 3. The van der Waals surface area contributed by atoms with Crippen LogP contribution in [0.15, 0.2) is 24.8 Å². The molecule has 174 valence electrons. The second-order valence-electron chi connectivity index (χ2n) is 8.46. The SMILES string of the molecule is C=CC(=O)N1CC(N2CCN(C(=O)CNc3cc(C4CC4(F)F)c(Cl)cc3OC)CC2)C1. The van der Waals surface area contributed by atoms with E-state index in [-0.39, 0.29) is 29.8 Å². The fourth-order valence-corrected chi connectivity index (χ4v) is 4.60. The highest BCUT2D eigenvalue weighted by atomic mass is 35.5. The van der Waals surface area contributed by atoms with Crippen LogP contribution in [-0.4, -0.2) is 91.4 Å². The van der Waals surface area contributed by atoms with Crippen LogP contribution in [0.25, 0.3) is 0 Å². The standard InChI is InChI=1S/C22H27ClF2N4O3/c1-3-20(30)29-12-14(13-29)27-4-6-28(7-5-27)21(31)11-26-18-8-15(16-10-22(16,24)25)17(23)9-19(18)32-2/h3,8-9,14,16,26H,1,4-7,10-13H2,2H3. The Morgan fingerprint density at radius 2 is 1.91 bits per heavy atom. The molecule has 0 aromatic heterocycles. The normalized spacial score (nSPS) is 22.8. The molecule has 2 heterocycles. The van der Waals surface area contributed by atoms with Gasteiger partial charge in [0.05, 0.1) is 25.3 Å². The van der Waals surface area contributed by atoms with Gasteiger partial charge in [0, 0.05) is 62.8 Å². The van der Waals surface area contributed by atoms with Gasteiger partial charge in [0.25, 0.3) is 5.92 Å². The van der Waals surface area contributed by atoms with E-state index >= 15 is 0 Å². The van der Waals surface area contributed by atoms with Crippen molar-refractivity contribution in [3.8, 4) is 5.75 Å². The quantitative estimate of drug-likeness (QED) is 0.623. The third-order valence-corrected chi connectivity index (χ3v) is 6.81. The predicted molar refractivity (Wildman–Crippen MR) is 118 cm³/mol. The Morgan fingerprint density at radius 3 is 2.47 bits per heavy atom. The van der Waals surface area contributed by atoms with Crippen LogP contribution in [0.2, 0.25) is 5.02 Å². The van der Waals surface area contributed by atoms with Crippen molar-refractivity contribution >= 4 is 29.1 Å². The Labute approximate surface area is 190 Å². The second kappa shape index (κ2) is 8.86. The maximum atomic E-state index is 13.5. The van der Waals surface area contributed by atoms with Crippen molar-refractivity contribution in [2.75, 3.05) is 58.2 Å². The lowest BCUT2D eigenvalue weighted by Crippen LogP contribution is -2.64. The predicted octanol–water partition coefficient (Wildman–Crippen LogP) is 2.42. The maximum Gasteiger partial charge on any atom is 0.255 e. The van der Waals surface area contributed by atoms with Gasteiger partial charge in [-0.15, -0.1) is 0 Å². The van der Waals surface area contributed by atoms with Gasteiger partial charge in [-0.25, -0.2) is 8.78 Å². The first-order chi connectivity index (χ1) is 15.2. The topological polar surface area (TPSA) is 65.1 Å². The van der Waals surface area contributed by atoms with Crippen molar-refractivity contribution in [1.82, 2.24) is 14.7 Å². The smallest absolute Gasteiger partial charge is 0.255 e. The van der Waals surface area contributed by atoms with Crippen LogP contribution in [-0.2, 0) is 9.59 Å². The van der Waals surface area contributed by atoms with E-state index in [1.54, 1.807) is 15.9 Å². The second-order valence-corrected chi connectivity index (χ2v) is 8.87. The molecule has 0 radical (unpaired) electrons. The number of methoxy groups -OCH3 is 1. The molecule has 1 atom stereocenters. The highest BCUT2D eigenvalue weighted by Gasteiger charge is 2.58. The van der Waals surface area contributed by atoms with E-state index in [0.717, 1.165) is 13.1 Å². The van der Waals surface area contributed by atoms with Gasteiger partial charge in [0.2, 0.25) is 11.8 Å². The number of anilines is 1. The van der Waals surface area contributed by atoms with E-state index < -0.39 is 11.8 Å². The number of piperazine rings is 1. The summed E-state index contributed by atoms with van der Waals surface area (Å²) in [4.78, 5) is 30.1. The number of hydrogen-bond acceptors (Lipinski definition) is 5. The molecule has 3 aliphatic rings. The lowest BCUT2D eigenvalue weighted by molar-refractivity contribution is -0.135. The Bertz CT molecular complexity index is 915. The number of hydrogen-bond donors (Lipinski definition) is 1. The molecule has 10 heteroatoms. The fraction of sp³-hybridized carbons (Fsp3) is 0.545. The summed E-state index contributed by atoms with van der Waals surface area (Å²) in [5.74, 6) is -3.34. The minimum absolute atomic E-state index is 0.0313. The lowest BCUT2D eigenvalue weighted by Gasteiger charge is -2.47. The van der Waals surface area contributed by atoms with E-state index in [1.807, 2.05) is 0 Å². The van der Waals surface area contributed by atoms with E-state index in [0.29, 0.717) is 49.2 Å². The summed E-state index contributed by atoms with van der Waals surface area (Å²) in [5.41, 5.74) is 0.841. The summed E-state index contributed by atoms with van der Waals surface area (Å²) in [6.07, 6.45) is 1.11. The first-order valence-corrected chi connectivity index (χ1v) is 11.0. The largest absolute Gasteiger partial charge is 0.495 e. The van der Waals surface area contributed by atoms with Gasteiger partial charge in [-0.3, -0.25) is 14.5 Å². The number of carbonyl (C=O) groups is 2. The van der Waals surface area contributed by atoms with E-state index in [4.69, 9.17) is 16.3 Å². The molecule has 2 saturated heterocycles. The number of amides is 2. The highest BCUT2D eigenvalue weighted by molar-refractivity contribution is 6.31. The zero-order chi connectivity index (χ0) is 23.0. The van der Waals surface area contributed by atoms with Gasteiger partial charge >= 0.3 is 0 Å². The highest BCUT2D eigenvalue weighted by Crippen LogP contribution is 2.58. The van der Waals surface area contributed by atoms with Crippen molar-refractivity contribution in [1.29, 1.82) is 0 Å². The molecule has 1 aromatic carbocycles. The van der Waals surface area contributed by atoms with Crippen LogP contribution in [0.3, 0.4) is 0 Å². The van der Waals surface area contributed by atoms with Gasteiger partial charge in [-0.2, -0.15) is 0 Å². The number of rotatable bonds is 7. The molecule has 2 aliphatic heterocycles. The first kappa shape index (κ1) is 22.8. The molecule has 7 nitrogen and oxygen atoms in total. The molecule has 1 aromatic rings. The summed E-state index contributed by atoms with van der Waals surface area (Å²) in [6.45, 7) is 7.62. The maximum absolute atomic E-state index is 13.5. The Morgan fingerprint density at radius 1 is 1.25 bits per heavy atom. The third kappa shape index (κ3) is 4.54. The molecule has 1 aliphatic carbocycles. The number of nitrogens with one attached hydrogen (secondary N) is 1. The molecule has 0 spiro atoms. The molecular weight excluding hydrogens is 442 g/mol. The summed E-state index contributed by atoms with van der Waals surface area (Å²) in [7, 11) is 1.47. The van der Waals surface area contributed by atoms with Crippen molar-refractivity contribution in [3.05, 3.63) is 35.4 Å². The minimum atomic E-state index is -2.73. The van der Waals surface area contributed by atoms with E-state index in [9.17, 15) is 18.4 Å². The van der Waals surface area contributed by atoms with Gasteiger partial charge in [-0.05, 0) is 17.7 Å². The number of likely N-dealkylation sites (tertiary alicyclic amines) is 1. The summed E-state index contributed by atoms with van der Waals surface area (Å²) < 4.78 is 32.4. The average Bonchev–Trinajstić information content (AvgIpc) is 3.39. The molecule has 32 heavy (non-hydrogen) atoms. The molecule has 4 rings (SSSR count). The van der Waals surface area contributed by atoms with Crippen molar-refractivity contribution < 1.29 is 23.1 Å². The summed E-state index contributed by atoms with van der Waals surface area (Å²) in [5, 5.41) is 3.27. The van der Waals surface area contributed by atoms with Gasteiger partial charge in [0.1, 0.15) is 5.75 Å². The summed E-state index contributed by atoms with van der Waals surface area (Å²) >= 11 is 6.17. The van der Waals surface area contributed by atoms with Gasteiger partial charge in [-0.1, -0.05) is 18.2 Å². The number of carbonyl (C=O) groups excluding carboxylic acids is 2. The van der Waals surface area contributed by atoms with Crippen molar-refractivity contribution in [2.45, 2.75) is 24.3 Å². The minimum Gasteiger partial charge on any atom is -0.495 e. The van der Waals surface area contributed by atoms with Crippen LogP contribution < -0.4 is 10.1 Å². The first-order valence-electron chi connectivity index (χ1n) is 10.7. The van der Waals surface area contributed by atoms with Crippen LogP contribution in [0.5, 0.6) is 5.75 Å². The van der Waals surface area contributed by atoms with Crippen LogP contribution >= 0.6 is 11.6 Å². The molecule has 1 N–H and O–H groups in total. The number of alkyl halides is 2. The van der Waals surface area contributed by atoms with E-state index in [2.05, 4.69) is 16.8 Å². The Hall–Kier alpha value is -2.39. The molecule has 1 saturated carbocycles. The number of benzene rings is 1. The zero-order valence-electron chi connectivity index (χ0n) is 18.0. The van der Waals surface area contributed by atoms with Crippen molar-refractivity contribution in [3.63, 3.8) is 0 Å². The van der Waals surface area contributed by atoms with Crippen LogP contribution in [0.1, 0.15) is 17.9 Å². The molecule has 0 bridgehead atoms. The zero-order valence-corrected chi connectivity index (χ0v) is 18.7. The number of ether oxygens (including phenoxy) is 1. The van der Waals surface area contributed by atoms with Gasteiger partial charge < -0.3 is 19.9 Å². The third-order valence-electron chi connectivity index (χ3n) is 6.48. The molecule has 3 fully saturated rings.